The molecule has 8 aliphatic rings. The zero-order valence-corrected chi connectivity index (χ0v) is 31.2. The Kier molecular flexibility index (Phi) is 10.5. The molecule has 8 rings (SSSR count). The zero-order chi connectivity index (χ0) is 37.8. The number of rotatable bonds is 6. The van der Waals surface area contributed by atoms with Crippen LogP contribution in [0.2, 0.25) is 0 Å². The van der Waals surface area contributed by atoms with Gasteiger partial charge in [0.1, 0.15) is 48.8 Å². The molecule has 1 spiro atoms. The molecule has 8 fully saturated rings. The van der Waals surface area contributed by atoms with E-state index in [0.29, 0.717) is 43.1 Å². The molecule has 302 valence electrons. The van der Waals surface area contributed by atoms with Crippen molar-refractivity contribution in [1.29, 1.82) is 0 Å². The minimum Gasteiger partial charge on any atom is -0.394 e. The third-order valence-corrected chi connectivity index (χ3v) is 16.0. The average molecular weight is 755 g/mol. The first-order valence-corrected chi connectivity index (χ1v) is 20.1. The van der Waals surface area contributed by atoms with Crippen molar-refractivity contribution in [3.05, 3.63) is 12.2 Å². The van der Waals surface area contributed by atoms with Crippen LogP contribution in [0.15, 0.2) is 12.2 Å². The molecule has 4 aliphatic heterocycles. The number of hydrogen-bond acceptors (Lipinski definition) is 14. The van der Waals surface area contributed by atoms with E-state index in [-0.39, 0.29) is 34.9 Å². The number of hydrogen-bond donors (Lipinski definition) is 8. The summed E-state index contributed by atoms with van der Waals surface area (Å²) in [5.74, 6) is 1.31. The lowest BCUT2D eigenvalue weighted by Gasteiger charge is -2.62. The second-order valence-corrected chi connectivity index (χ2v) is 18.4. The van der Waals surface area contributed by atoms with Crippen molar-refractivity contribution >= 4 is 0 Å². The second kappa shape index (κ2) is 14.2. The highest BCUT2D eigenvalue weighted by Gasteiger charge is 2.71. The summed E-state index contributed by atoms with van der Waals surface area (Å²) in [4.78, 5) is 0. The zero-order valence-electron chi connectivity index (χ0n) is 31.2. The molecule has 0 amide bonds. The molecule has 4 saturated carbocycles. The molecule has 0 unspecified atom stereocenters. The number of ether oxygens (including phenoxy) is 6. The lowest BCUT2D eigenvalue weighted by atomic mass is 9.43. The van der Waals surface area contributed by atoms with Crippen molar-refractivity contribution in [3.8, 4) is 0 Å². The van der Waals surface area contributed by atoms with Crippen molar-refractivity contribution < 1.29 is 69.3 Å². The van der Waals surface area contributed by atoms with Crippen LogP contribution in [0.4, 0.5) is 0 Å². The van der Waals surface area contributed by atoms with Crippen LogP contribution in [0.1, 0.15) is 78.6 Å². The first kappa shape index (κ1) is 39.0. The van der Waals surface area contributed by atoms with Gasteiger partial charge in [0.15, 0.2) is 18.4 Å². The molecule has 0 aromatic heterocycles. The fourth-order valence-corrected chi connectivity index (χ4v) is 13.0. The largest absolute Gasteiger partial charge is 0.394 e. The molecule has 0 radical (unpaired) electrons. The summed E-state index contributed by atoms with van der Waals surface area (Å²) in [5, 5.41) is 84.8. The number of aliphatic hydroxyl groups excluding tert-OH is 8. The molecular formula is C39H62O14. The molecule has 14 nitrogen and oxygen atoms in total. The topological polar surface area (TPSA) is 217 Å². The maximum absolute atomic E-state index is 12.2. The highest BCUT2D eigenvalue weighted by Crippen LogP contribution is 2.71. The maximum atomic E-state index is 12.2. The summed E-state index contributed by atoms with van der Waals surface area (Å²) in [6.45, 7) is 10.4. The van der Waals surface area contributed by atoms with Crippen LogP contribution in [0.5, 0.6) is 0 Å². The fourth-order valence-electron chi connectivity index (χ4n) is 13.0. The minimum atomic E-state index is -1.73. The Morgan fingerprint density at radius 3 is 2.15 bits per heavy atom. The van der Waals surface area contributed by atoms with E-state index in [1.807, 2.05) is 0 Å². The Labute approximate surface area is 311 Å². The Balaban J connectivity index is 0.959. The molecule has 4 saturated heterocycles. The van der Waals surface area contributed by atoms with Crippen molar-refractivity contribution in [2.45, 2.75) is 164 Å². The van der Waals surface area contributed by atoms with Gasteiger partial charge in [0.2, 0.25) is 0 Å². The van der Waals surface area contributed by atoms with Crippen LogP contribution in [0.25, 0.3) is 0 Å². The van der Waals surface area contributed by atoms with Gasteiger partial charge in [-0.05, 0) is 80.5 Å². The lowest BCUT2D eigenvalue weighted by Crippen LogP contribution is -2.65. The second-order valence-electron chi connectivity index (χ2n) is 18.4. The Morgan fingerprint density at radius 1 is 0.774 bits per heavy atom. The van der Waals surface area contributed by atoms with E-state index < -0.39 is 86.5 Å². The van der Waals surface area contributed by atoms with Gasteiger partial charge in [0, 0.05) is 23.7 Å². The molecule has 53 heavy (non-hydrogen) atoms. The van der Waals surface area contributed by atoms with Gasteiger partial charge in [0.25, 0.3) is 0 Å². The number of aliphatic hydroxyl groups is 8. The van der Waals surface area contributed by atoms with E-state index in [0.717, 1.165) is 50.5 Å². The highest BCUT2D eigenvalue weighted by atomic mass is 16.8. The predicted molar refractivity (Wildman–Crippen MR) is 184 cm³/mol. The van der Waals surface area contributed by atoms with Gasteiger partial charge in [-0.1, -0.05) is 32.9 Å². The third kappa shape index (κ3) is 6.04. The first-order chi connectivity index (χ1) is 25.2. The van der Waals surface area contributed by atoms with Gasteiger partial charge in [-0.3, -0.25) is 0 Å². The lowest BCUT2D eigenvalue weighted by molar-refractivity contribution is -0.373. The maximum Gasteiger partial charge on any atom is 0.187 e. The summed E-state index contributed by atoms with van der Waals surface area (Å²) in [6.07, 6.45) is -7.80. The van der Waals surface area contributed by atoms with E-state index in [1.54, 1.807) is 0 Å². The molecule has 8 N–H and O–H groups in total. The first-order valence-electron chi connectivity index (χ1n) is 20.1. The molecule has 4 heterocycles. The molecular weight excluding hydrogens is 692 g/mol. The van der Waals surface area contributed by atoms with E-state index in [1.165, 1.54) is 0 Å². The van der Waals surface area contributed by atoms with E-state index in [2.05, 4.69) is 27.4 Å². The van der Waals surface area contributed by atoms with Crippen LogP contribution in [0.3, 0.4) is 0 Å². The van der Waals surface area contributed by atoms with Gasteiger partial charge >= 0.3 is 0 Å². The van der Waals surface area contributed by atoms with Crippen molar-refractivity contribution in [1.82, 2.24) is 0 Å². The normalized spacial score (nSPS) is 58.2. The van der Waals surface area contributed by atoms with Crippen molar-refractivity contribution in [3.63, 3.8) is 0 Å². The molecule has 14 heteroatoms. The Morgan fingerprint density at radius 2 is 1.47 bits per heavy atom. The summed E-state index contributed by atoms with van der Waals surface area (Å²) in [6, 6.07) is 0. The Hall–Kier alpha value is -0.820. The van der Waals surface area contributed by atoms with E-state index in [9.17, 15) is 40.9 Å². The summed E-state index contributed by atoms with van der Waals surface area (Å²) in [7, 11) is 0. The molecule has 4 aliphatic carbocycles. The fraction of sp³-hybridized carbons (Fsp3) is 0.949. The molecule has 22 atom stereocenters. The van der Waals surface area contributed by atoms with Gasteiger partial charge in [-0.15, -0.1) is 0 Å². The van der Waals surface area contributed by atoms with Crippen LogP contribution < -0.4 is 0 Å². The minimum absolute atomic E-state index is 0.0215. The highest BCUT2D eigenvalue weighted by molar-refractivity contribution is 5.18. The summed E-state index contributed by atoms with van der Waals surface area (Å²) in [5.41, 5.74) is 0.835. The van der Waals surface area contributed by atoms with Crippen LogP contribution >= 0.6 is 0 Å². The van der Waals surface area contributed by atoms with Gasteiger partial charge in [-0.2, -0.15) is 0 Å². The van der Waals surface area contributed by atoms with Crippen LogP contribution in [0, 0.1) is 46.3 Å². The van der Waals surface area contributed by atoms with E-state index >= 15 is 0 Å². The molecule has 0 aromatic rings. The standard InChI is InChI=1S/C39H62O14/c1-17-7-10-39(48-16-17)18(2)28-24(53-39)12-23-21-6-5-19-11-20(8-9-37(19,3)22(21)13-27(42)38(23,28)4)49-36-34(32(46)30(44)26(15-41)51-36)52-35-33(47)31(45)29(43)25(14-40)50-35/h18-36,40-47H,1,5-16H2,2-4H3/t18-,19+,20-,21+,22-,23-,24-,25+,26+,27+,28-,29+,30-,31-,32-,33+,34+,35-,36+,37-,38+,39+/m0/s1. The summed E-state index contributed by atoms with van der Waals surface area (Å²) < 4.78 is 37.2. The van der Waals surface area contributed by atoms with Crippen LogP contribution in [-0.4, -0.2) is 146 Å². The molecule has 0 aromatic carbocycles. The Bertz CT molecular complexity index is 1340. The monoisotopic (exact) mass is 754 g/mol. The van der Waals surface area contributed by atoms with Gasteiger partial charge in [0.05, 0.1) is 38.1 Å². The van der Waals surface area contributed by atoms with Crippen molar-refractivity contribution in [2.75, 3.05) is 19.8 Å². The third-order valence-electron chi connectivity index (χ3n) is 16.0. The number of fused-ring (bicyclic) bond motifs is 7. The quantitative estimate of drug-likeness (QED) is 0.136. The summed E-state index contributed by atoms with van der Waals surface area (Å²) >= 11 is 0. The van der Waals surface area contributed by atoms with Gasteiger partial charge < -0.3 is 69.3 Å². The average Bonchev–Trinajstić information content (AvgIpc) is 3.59. The van der Waals surface area contributed by atoms with Gasteiger partial charge in [-0.25, -0.2) is 0 Å². The SMILES string of the molecule is C=C1CC[C@@]2(OC1)O[C@H]1C[C@H]3[C@@H]4CC[C@@H]5C[C@@H](O[C@@H]6O[C@H](CO)[C@H](O)[C@H](O)[C@H]6O[C@@H]6O[C@H](CO)[C@@H](O)[C@H](O)[C@H]6O)CC[C@]5(C)[C@H]4C[C@@H](O)[C@]3(C)[C@H]1[C@@H]2C. The molecule has 0 bridgehead atoms. The smallest absolute Gasteiger partial charge is 0.187 e. The predicted octanol–water partition coefficient (Wildman–Crippen LogP) is 0.333. The van der Waals surface area contributed by atoms with Crippen LogP contribution in [-0.2, 0) is 28.4 Å². The van der Waals surface area contributed by atoms with E-state index in [4.69, 9.17) is 28.4 Å². The van der Waals surface area contributed by atoms with Crippen molar-refractivity contribution in [2.24, 2.45) is 46.3 Å².